The van der Waals surface area contributed by atoms with Crippen LogP contribution < -0.4 is 0 Å². The molecule has 2 aromatic heterocycles. The number of amides is 1. The van der Waals surface area contributed by atoms with E-state index in [1.165, 1.54) is 4.88 Å². The molecule has 0 N–H and O–H groups in total. The van der Waals surface area contributed by atoms with E-state index in [9.17, 15) is 4.79 Å². The van der Waals surface area contributed by atoms with Crippen molar-refractivity contribution < 1.29 is 9.32 Å². The Morgan fingerprint density at radius 1 is 1.40 bits per heavy atom. The Labute approximate surface area is 121 Å². The average Bonchev–Trinajstić information content (AvgIpc) is 2.96. The summed E-state index contributed by atoms with van der Waals surface area (Å²) in [7, 11) is 0. The van der Waals surface area contributed by atoms with E-state index in [1.54, 1.807) is 11.3 Å². The highest BCUT2D eigenvalue weighted by molar-refractivity contribution is 7.10. The lowest BCUT2D eigenvalue weighted by molar-refractivity contribution is 0.0727. The van der Waals surface area contributed by atoms with Crippen LogP contribution in [0.3, 0.4) is 0 Å². The molecule has 104 valence electrons. The number of carbonyl (C=O) groups excluding carboxylic acids is 1. The standard InChI is InChI=1S/C15H16N2O2S/c18-15(11-9-13(19-16-11)10-5-6-10)17-7-1-3-12(17)14-4-2-8-20-14/h2,4,8-10,12H,1,3,5-7H2/t12-/m0/s1. The summed E-state index contributed by atoms with van der Waals surface area (Å²) in [4.78, 5) is 15.8. The smallest absolute Gasteiger partial charge is 0.276 e. The summed E-state index contributed by atoms with van der Waals surface area (Å²) >= 11 is 1.72. The highest BCUT2D eigenvalue weighted by Crippen LogP contribution is 2.41. The molecule has 1 aliphatic carbocycles. The third-order valence-electron chi connectivity index (χ3n) is 4.11. The Bertz CT molecular complexity index is 616. The molecular weight excluding hydrogens is 272 g/mol. The third kappa shape index (κ3) is 2.06. The van der Waals surface area contributed by atoms with Crippen LogP contribution in [0.25, 0.3) is 0 Å². The highest BCUT2D eigenvalue weighted by Gasteiger charge is 2.34. The van der Waals surface area contributed by atoms with Gasteiger partial charge in [0.2, 0.25) is 0 Å². The molecule has 4 rings (SSSR count). The van der Waals surface area contributed by atoms with Crippen molar-refractivity contribution in [2.45, 2.75) is 37.6 Å². The van der Waals surface area contributed by atoms with Crippen molar-refractivity contribution in [3.8, 4) is 0 Å². The predicted octanol–water partition coefficient (Wildman–Crippen LogP) is 3.59. The van der Waals surface area contributed by atoms with Crippen LogP contribution in [-0.4, -0.2) is 22.5 Å². The molecule has 1 atom stereocenters. The molecule has 0 bridgehead atoms. The number of hydrogen-bond acceptors (Lipinski definition) is 4. The van der Waals surface area contributed by atoms with E-state index in [1.807, 2.05) is 17.0 Å². The third-order valence-corrected chi connectivity index (χ3v) is 5.09. The molecule has 3 heterocycles. The SMILES string of the molecule is O=C(c1cc(C2CC2)on1)N1CCC[C@H]1c1cccs1. The second kappa shape index (κ2) is 4.74. The van der Waals surface area contributed by atoms with Gasteiger partial charge in [0.15, 0.2) is 5.69 Å². The molecule has 0 radical (unpaired) electrons. The highest BCUT2D eigenvalue weighted by atomic mass is 32.1. The van der Waals surface area contributed by atoms with Crippen molar-refractivity contribution in [3.63, 3.8) is 0 Å². The fourth-order valence-corrected chi connectivity index (χ4v) is 3.76. The Balaban J connectivity index is 1.57. The second-order valence-corrected chi connectivity index (χ2v) is 6.54. The minimum atomic E-state index is 0.0107. The molecule has 0 aromatic carbocycles. The molecule has 2 aromatic rings. The lowest BCUT2D eigenvalue weighted by Gasteiger charge is -2.22. The number of nitrogens with zero attached hydrogens (tertiary/aromatic N) is 2. The lowest BCUT2D eigenvalue weighted by Crippen LogP contribution is -2.30. The maximum absolute atomic E-state index is 12.6. The summed E-state index contributed by atoms with van der Waals surface area (Å²) in [6.07, 6.45) is 4.41. The molecule has 5 heteroatoms. The molecule has 1 saturated carbocycles. The first-order chi connectivity index (χ1) is 9.83. The Morgan fingerprint density at radius 2 is 2.30 bits per heavy atom. The number of thiophene rings is 1. The van der Waals surface area contributed by atoms with Crippen molar-refractivity contribution in [2.75, 3.05) is 6.54 Å². The van der Waals surface area contributed by atoms with E-state index < -0.39 is 0 Å². The van der Waals surface area contributed by atoms with Crippen molar-refractivity contribution in [2.24, 2.45) is 0 Å². The van der Waals surface area contributed by atoms with Crippen molar-refractivity contribution in [1.82, 2.24) is 10.1 Å². The van der Waals surface area contributed by atoms with Crippen LogP contribution in [0.1, 0.15) is 58.8 Å². The zero-order valence-electron chi connectivity index (χ0n) is 11.1. The van der Waals surface area contributed by atoms with Gasteiger partial charge >= 0.3 is 0 Å². The zero-order chi connectivity index (χ0) is 13.5. The van der Waals surface area contributed by atoms with Crippen molar-refractivity contribution >= 4 is 17.2 Å². The van der Waals surface area contributed by atoms with Gasteiger partial charge in [-0.05, 0) is 37.1 Å². The molecule has 0 unspecified atom stereocenters. The molecule has 20 heavy (non-hydrogen) atoms. The topological polar surface area (TPSA) is 46.3 Å². The minimum Gasteiger partial charge on any atom is -0.360 e. The van der Waals surface area contributed by atoms with Gasteiger partial charge in [0, 0.05) is 23.4 Å². The normalized spacial score (nSPS) is 22.4. The first-order valence-electron chi connectivity index (χ1n) is 7.14. The Hall–Kier alpha value is -1.62. The van der Waals surface area contributed by atoms with E-state index in [4.69, 9.17) is 4.52 Å². The number of rotatable bonds is 3. The van der Waals surface area contributed by atoms with Crippen LogP contribution in [0.4, 0.5) is 0 Å². The van der Waals surface area contributed by atoms with Gasteiger partial charge in [-0.25, -0.2) is 0 Å². The number of aromatic nitrogens is 1. The van der Waals surface area contributed by atoms with Crippen LogP contribution in [-0.2, 0) is 0 Å². The van der Waals surface area contributed by atoms with E-state index in [-0.39, 0.29) is 11.9 Å². The molecule has 1 saturated heterocycles. The van der Waals surface area contributed by atoms with E-state index >= 15 is 0 Å². The summed E-state index contributed by atoms with van der Waals surface area (Å²) in [6.45, 7) is 0.813. The van der Waals surface area contributed by atoms with Crippen LogP contribution in [0.2, 0.25) is 0 Å². The molecule has 2 aliphatic rings. The molecule has 4 nitrogen and oxygen atoms in total. The number of carbonyl (C=O) groups is 1. The molecule has 1 amide bonds. The minimum absolute atomic E-state index is 0.0107. The van der Waals surface area contributed by atoms with Gasteiger partial charge < -0.3 is 9.42 Å². The summed E-state index contributed by atoms with van der Waals surface area (Å²) in [5.41, 5.74) is 0.468. The van der Waals surface area contributed by atoms with Gasteiger partial charge in [-0.3, -0.25) is 4.79 Å². The average molecular weight is 288 g/mol. The fourth-order valence-electron chi connectivity index (χ4n) is 2.88. The van der Waals surface area contributed by atoms with Gasteiger partial charge in [0.05, 0.1) is 6.04 Å². The van der Waals surface area contributed by atoms with Crippen LogP contribution in [0.5, 0.6) is 0 Å². The van der Waals surface area contributed by atoms with Crippen molar-refractivity contribution in [1.29, 1.82) is 0 Å². The Kier molecular flexibility index (Phi) is 2.88. The molecule has 2 fully saturated rings. The van der Waals surface area contributed by atoms with Gasteiger partial charge in [0.25, 0.3) is 5.91 Å². The number of hydrogen-bond donors (Lipinski definition) is 0. The quantitative estimate of drug-likeness (QED) is 0.867. The first kappa shape index (κ1) is 12.1. The summed E-state index contributed by atoms with van der Waals surface area (Å²) in [6, 6.07) is 6.20. The maximum atomic E-state index is 12.6. The molecule has 1 aliphatic heterocycles. The predicted molar refractivity (Wildman–Crippen MR) is 75.8 cm³/mol. The van der Waals surface area contributed by atoms with Gasteiger partial charge in [-0.2, -0.15) is 0 Å². The van der Waals surface area contributed by atoms with Crippen LogP contribution >= 0.6 is 11.3 Å². The van der Waals surface area contributed by atoms with E-state index in [0.29, 0.717) is 11.6 Å². The summed E-state index contributed by atoms with van der Waals surface area (Å²) < 4.78 is 5.30. The number of likely N-dealkylation sites (tertiary alicyclic amines) is 1. The Morgan fingerprint density at radius 3 is 3.05 bits per heavy atom. The summed E-state index contributed by atoms with van der Waals surface area (Å²) in [5, 5.41) is 6.04. The molecular formula is C15H16N2O2S. The van der Waals surface area contributed by atoms with E-state index in [0.717, 1.165) is 38.0 Å². The zero-order valence-corrected chi connectivity index (χ0v) is 11.9. The van der Waals surface area contributed by atoms with Crippen molar-refractivity contribution in [3.05, 3.63) is 39.9 Å². The van der Waals surface area contributed by atoms with Crippen LogP contribution in [0, 0.1) is 0 Å². The fraction of sp³-hybridized carbons (Fsp3) is 0.467. The second-order valence-electron chi connectivity index (χ2n) is 5.56. The van der Waals surface area contributed by atoms with Gasteiger partial charge in [0.1, 0.15) is 5.76 Å². The lowest BCUT2D eigenvalue weighted by atomic mass is 10.2. The maximum Gasteiger partial charge on any atom is 0.276 e. The van der Waals surface area contributed by atoms with E-state index in [2.05, 4.69) is 16.6 Å². The largest absolute Gasteiger partial charge is 0.360 e. The molecule has 0 spiro atoms. The van der Waals surface area contributed by atoms with Gasteiger partial charge in [-0.1, -0.05) is 11.2 Å². The monoisotopic (exact) mass is 288 g/mol. The van der Waals surface area contributed by atoms with Gasteiger partial charge in [-0.15, -0.1) is 11.3 Å². The summed E-state index contributed by atoms with van der Waals surface area (Å²) in [5.74, 6) is 1.38. The first-order valence-corrected chi connectivity index (χ1v) is 8.02. The van der Waals surface area contributed by atoms with Crippen LogP contribution in [0.15, 0.2) is 28.1 Å².